The van der Waals surface area contributed by atoms with E-state index in [1.165, 1.54) is 18.2 Å². The van der Waals surface area contributed by atoms with Crippen molar-refractivity contribution in [2.75, 3.05) is 24.6 Å². The number of aromatic amines is 1. The Balaban J connectivity index is 1.41. The first-order valence-corrected chi connectivity index (χ1v) is 9.98. The summed E-state index contributed by atoms with van der Waals surface area (Å²) in [5, 5.41) is 0.894. The lowest BCUT2D eigenvalue weighted by molar-refractivity contribution is 0.0976. The maximum absolute atomic E-state index is 11.6. The molecule has 1 atom stereocenters. The van der Waals surface area contributed by atoms with E-state index in [1.54, 1.807) is 24.7 Å². The summed E-state index contributed by atoms with van der Waals surface area (Å²) in [5.74, 6) is 0.896. The summed E-state index contributed by atoms with van der Waals surface area (Å²) in [6.45, 7) is 5.02. The Morgan fingerprint density at radius 3 is 2.81 bits per heavy atom. The van der Waals surface area contributed by atoms with Gasteiger partial charge >= 0.3 is 0 Å². The maximum atomic E-state index is 11.6. The van der Waals surface area contributed by atoms with Crippen LogP contribution in [0.1, 0.15) is 26.2 Å². The van der Waals surface area contributed by atoms with E-state index < -0.39 is 0 Å². The zero-order chi connectivity index (χ0) is 18.1. The van der Waals surface area contributed by atoms with Crippen molar-refractivity contribution in [1.82, 2.24) is 15.0 Å². The molecule has 2 aromatic heterocycles. The monoisotopic (exact) mass is 392 g/mol. The molecule has 0 radical (unpaired) electrons. The molecule has 26 heavy (non-hydrogen) atoms. The van der Waals surface area contributed by atoms with Crippen molar-refractivity contribution < 1.29 is 4.74 Å². The highest BCUT2D eigenvalue weighted by molar-refractivity contribution is 7.99. The molecule has 2 fully saturated rings. The summed E-state index contributed by atoms with van der Waals surface area (Å²) in [5.41, 5.74) is 0.0599. The average molecular weight is 393 g/mol. The lowest BCUT2D eigenvalue weighted by Gasteiger charge is -2.38. The third kappa shape index (κ3) is 3.61. The topological polar surface area (TPSA) is 71.1 Å². The first-order chi connectivity index (χ1) is 12.5. The van der Waals surface area contributed by atoms with Crippen molar-refractivity contribution in [2.24, 2.45) is 5.41 Å². The molecule has 2 aliphatic rings. The van der Waals surface area contributed by atoms with Crippen LogP contribution in [0.15, 0.2) is 39.4 Å². The normalized spacial score (nSPS) is 22.1. The zero-order valence-corrected chi connectivity index (χ0v) is 16.1. The van der Waals surface area contributed by atoms with E-state index in [9.17, 15) is 4.79 Å². The highest BCUT2D eigenvalue weighted by Crippen LogP contribution is 2.42. The van der Waals surface area contributed by atoms with Gasteiger partial charge in [0.25, 0.3) is 5.56 Å². The van der Waals surface area contributed by atoms with Gasteiger partial charge in [0, 0.05) is 24.2 Å². The third-order valence-electron chi connectivity index (χ3n) is 5.24. The van der Waals surface area contributed by atoms with Crippen molar-refractivity contribution >= 4 is 29.2 Å². The smallest absolute Gasteiger partial charge is 0.267 e. The number of nitrogens with zero attached hydrogens (tertiary/aromatic N) is 3. The van der Waals surface area contributed by atoms with Crippen molar-refractivity contribution in [1.29, 1.82) is 0 Å². The predicted molar refractivity (Wildman–Crippen MR) is 102 cm³/mol. The summed E-state index contributed by atoms with van der Waals surface area (Å²) >= 11 is 7.37. The Morgan fingerprint density at radius 2 is 2.15 bits per heavy atom. The number of nitrogens with one attached hydrogen (secondary N) is 1. The number of pyridine rings is 1. The number of piperidine rings is 1. The van der Waals surface area contributed by atoms with Gasteiger partial charge in [0.2, 0.25) is 0 Å². The fourth-order valence-electron chi connectivity index (χ4n) is 3.76. The van der Waals surface area contributed by atoms with E-state index in [0.717, 1.165) is 38.4 Å². The summed E-state index contributed by atoms with van der Waals surface area (Å²) in [7, 11) is 0. The molecular weight excluding hydrogens is 372 g/mol. The highest BCUT2D eigenvalue weighted by atomic mass is 35.5. The quantitative estimate of drug-likeness (QED) is 0.863. The first-order valence-electron chi connectivity index (χ1n) is 8.78. The molecule has 2 aromatic rings. The second kappa shape index (κ2) is 7.21. The molecule has 2 aliphatic heterocycles. The lowest BCUT2D eigenvalue weighted by Crippen LogP contribution is -2.41. The van der Waals surface area contributed by atoms with Gasteiger partial charge in [-0.25, -0.2) is 9.97 Å². The third-order valence-corrected chi connectivity index (χ3v) is 6.70. The van der Waals surface area contributed by atoms with E-state index in [0.29, 0.717) is 21.4 Å². The van der Waals surface area contributed by atoms with Crippen LogP contribution in [0.3, 0.4) is 0 Å². The van der Waals surface area contributed by atoms with Crippen molar-refractivity contribution in [3.05, 3.63) is 40.0 Å². The molecule has 138 valence electrons. The number of ether oxygens (including phenoxy) is 1. The fourth-order valence-corrected chi connectivity index (χ4v) is 4.75. The molecule has 0 saturated carbocycles. The number of rotatable bonds is 3. The van der Waals surface area contributed by atoms with Gasteiger partial charge in [-0.3, -0.25) is 4.79 Å². The lowest BCUT2D eigenvalue weighted by atomic mass is 9.77. The van der Waals surface area contributed by atoms with Gasteiger partial charge in [0.15, 0.2) is 0 Å². The number of halogens is 1. The molecule has 6 nitrogen and oxygen atoms in total. The van der Waals surface area contributed by atoms with Crippen LogP contribution in [-0.4, -0.2) is 40.8 Å². The molecule has 0 bridgehead atoms. The molecule has 0 aromatic carbocycles. The van der Waals surface area contributed by atoms with Crippen LogP contribution in [0.2, 0.25) is 5.02 Å². The van der Waals surface area contributed by atoms with Crippen LogP contribution < -0.4 is 10.5 Å². The average Bonchev–Trinajstić information content (AvgIpc) is 3.01. The van der Waals surface area contributed by atoms with E-state index in [4.69, 9.17) is 16.3 Å². The maximum Gasteiger partial charge on any atom is 0.267 e. The van der Waals surface area contributed by atoms with Crippen molar-refractivity contribution in [3.8, 4) is 0 Å². The molecule has 8 heteroatoms. The summed E-state index contributed by atoms with van der Waals surface area (Å²) in [6.07, 6.45) is 8.94. The standard InChI is InChI=1S/C18H21ClN4O2S/c1-12-8-18(11-25-12)3-6-23(7-4-18)14-9-22-15(10-21-14)26-13-2-5-20-17(24)16(13)19/h2,5,9-10,12H,3-4,6-8,11H2,1H3,(H,20,24)/t12-/m0/s1. The second-order valence-corrected chi connectivity index (χ2v) is 8.55. The van der Waals surface area contributed by atoms with Gasteiger partial charge in [0.05, 0.1) is 25.1 Å². The second-order valence-electron chi connectivity index (χ2n) is 7.11. The van der Waals surface area contributed by atoms with Gasteiger partial charge in [0.1, 0.15) is 15.9 Å². The fraction of sp³-hybridized carbons (Fsp3) is 0.500. The highest BCUT2D eigenvalue weighted by Gasteiger charge is 2.41. The molecular formula is C18H21ClN4O2S. The Morgan fingerprint density at radius 1 is 1.35 bits per heavy atom. The Hall–Kier alpha value is -1.57. The van der Waals surface area contributed by atoms with Crippen molar-refractivity contribution in [3.63, 3.8) is 0 Å². The molecule has 4 heterocycles. The minimum Gasteiger partial charge on any atom is -0.378 e. The molecule has 0 amide bonds. The minimum atomic E-state index is -0.297. The van der Waals surface area contributed by atoms with Crippen LogP contribution in [0, 0.1) is 5.41 Å². The largest absolute Gasteiger partial charge is 0.378 e. The van der Waals surface area contributed by atoms with Gasteiger partial charge in [-0.15, -0.1) is 0 Å². The minimum absolute atomic E-state index is 0.178. The van der Waals surface area contributed by atoms with E-state index in [-0.39, 0.29) is 10.6 Å². The van der Waals surface area contributed by atoms with Crippen LogP contribution in [0.4, 0.5) is 5.82 Å². The summed E-state index contributed by atoms with van der Waals surface area (Å²) in [6, 6.07) is 1.76. The molecule has 1 N–H and O–H groups in total. The van der Waals surface area contributed by atoms with Crippen LogP contribution >= 0.6 is 23.4 Å². The SMILES string of the molecule is C[C@H]1CC2(CCN(c3cnc(Sc4cc[nH]c(=O)c4Cl)cn3)CC2)CO1. The Kier molecular flexibility index (Phi) is 4.94. The molecule has 1 spiro atoms. The number of hydrogen-bond acceptors (Lipinski definition) is 6. The molecule has 0 aliphatic carbocycles. The Labute approximate surface area is 161 Å². The Bertz CT molecular complexity index is 834. The summed E-state index contributed by atoms with van der Waals surface area (Å²) < 4.78 is 5.79. The molecule has 0 unspecified atom stereocenters. The van der Waals surface area contributed by atoms with E-state index in [1.807, 2.05) is 0 Å². The van der Waals surface area contributed by atoms with Gasteiger partial charge in [-0.2, -0.15) is 0 Å². The van der Waals surface area contributed by atoms with E-state index >= 15 is 0 Å². The number of H-pyrrole nitrogens is 1. The predicted octanol–water partition coefficient (Wildman–Crippen LogP) is 3.36. The molecule has 2 saturated heterocycles. The van der Waals surface area contributed by atoms with Crippen LogP contribution in [0.5, 0.6) is 0 Å². The number of hydrogen-bond donors (Lipinski definition) is 1. The van der Waals surface area contributed by atoms with Crippen molar-refractivity contribution in [2.45, 2.75) is 42.2 Å². The first kappa shape index (κ1) is 17.8. The van der Waals surface area contributed by atoms with E-state index in [2.05, 4.69) is 26.8 Å². The number of anilines is 1. The van der Waals surface area contributed by atoms with Gasteiger partial charge < -0.3 is 14.6 Å². The molecule has 4 rings (SSSR count). The van der Waals surface area contributed by atoms with Crippen LogP contribution in [-0.2, 0) is 4.74 Å². The number of aromatic nitrogens is 3. The van der Waals surface area contributed by atoms with Crippen LogP contribution in [0.25, 0.3) is 0 Å². The summed E-state index contributed by atoms with van der Waals surface area (Å²) in [4.78, 5) is 26.1. The van der Waals surface area contributed by atoms with Gasteiger partial charge in [-0.05, 0) is 37.7 Å². The zero-order valence-electron chi connectivity index (χ0n) is 14.6. The van der Waals surface area contributed by atoms with Gasteiger partial charge in [-0.1, -0.05) is 23.4 Å².